The van der Waals surface area contributed by atoms with E-state index in [2.05, 4.69) is 21.1 Å². The van der Waals surface area contributed by atoms with Crippen LogP contribution in [0.25, 0.3) is 0 Å². The van der Waals surface area contributed by atoms with Crippen LogP contribution in [0.2, 0.25) is 0 Å². The normalized spacial score (nSPS) is 9.67. The molecule has 0 atom stereocenters. The molecule has 70 valence electrons. The third-order valence-electron chi connectivity index (χ3n) is 0.764. The molecule has 12 heavy (non-hydrogen) atoms. The second-order valence-electron chi connectivity index (χ2n) is 2.72. The maximum Gasteiger partial charge on any atom is 0.540 e. The smallest absolute Gasteiger partial charge is 0.430 e. The molecule has 0 heterocycles. The molecule has 0 rings (SSSR count). The zero-order valence-electron chi connectivity index (χ0n) is 7.62. The van der Waals surface area contributed by atoms with Crippen molar-refractivity contribution in [1.82, 2.24) is 0 Å². The first-order chi connectivity index (χ1) is 5.52. The van der Waals surface area contributed by atoms with Gasteiger partial charge in [-0.1, -0.05) is 12.2 Å². The third-order valence-corrected chi connectivity index (χ3v) is 0.764. The van der Waals surface area contributed by atoms with E-state index in [1.165, 1.54) is 0 Å². The molecule has 0 saturated carbocycles. The first-order valence-corrected chi connectivity index (χ1v) is 3.67. The maximum absolute atomic E-state index is 10.6. The van der Waals surface area contributed by atoms with Gasteiger partial charge in [-0.25, -0.2) is 4.79 Å². The number of carbonyl (C=O) groups is 1. The van der Waals surface area contributed by atoms with E-state index in [0.717, 1.165) is 5.57 Å². The molecular weight excluding hydrogens is 160 g/mol. The number of carbonyl (C=O) groups excluding carboxylic acids is 1. The van der Waals surface area contributed by atoms with Crippen LogP contribution in [0.5, 0.6) is 0 Å². The lowest BCUT2D eigenvalue weighted by Crippen LogP contribution is -2.13. The van der Waals surface area contributed by atoms with Gasteiger partial charge in [0.15, 0.2) is 0 Å². The lowest BCUT2D eigenvalue weighted by molar-refractivity contribution is -0.249. The predicted octanol–water partition coefficient (Wildman–Crippen LogP) is 2.06. The molecule has 0 aromatic rings. The minimum atomic E-state index is -0.828. The van der Waals surface area contributed by atoms with Crippen molar-refractivity contribution in [2.24, 2.45) is 0 Å². The lowest BCUT2D eigenvalue weighted by Gasteiger charge is -2.06. The summed E-state index contributed by atoms with van der Waals surface area (Å²) in [5.41, 5.74) is 0.771. The Morgan fingerprint density at radius 1 is 1.50 bits per heavy atom. The Bertz CT molecular complexity index is 162. The summed E-state index contributed by atoms with van der Waals surface area (Å²) in [4.78, 5) is 19.4. The van der Waals surface area contributed by atoms with Gasteiger partial charge in [0.05, 0.1) is 6.10 Å². The van der Waals surface area contributed by atoms with Gasteiger partial charge in [0.2, 0.25) is 0 Å². The van der Waals surface area contributed by atoms with Crippen LogP contribution < -0.4 is 0 Å². The molecule has 0 saturated heterocycles. The van der Waals surface area contributed by atoms with Crippen LogP contribution in [0.1, 0.15) is 20.8 Å². The molecule has 0 fully saturated rings. The number of hydrogen-bond acceptors (Lipinski definition) is 4. The summed E-state index contributed by atoms with van der Waals surface area (Å²) in [7, 11) is 0. The Hall–Kier alpha value is -1.03. The van der Waals surface area contributed by atoms with Crippen molar-refractivity contribution in [2.45, 2.75) is 26.9 Å². The average molecular weight is 174 g/mol. The van der Waals surface area contributed by atoms with E-state index >= 15 is 0 Å². The van der Waals surface area contributed by atoms with Crippen LogP contribution in [-0.2, 0) is 14.5 Å². The van der Waals surface area contributed by atoms with Gasteiger partial charge < -0.3 is 4.74 Å². The molecule has 0 amide bonds. The predicted molar refractivity (Wildman–Crippen MR) is 43.5 cm³/mol. The van der Waals surface area contributed by atoms with Crippen molar-refractivity contribution in [1.29, 1.82) is 0 Å². The van der Waals surface area contributed by atoms with Gasteiger partial charge in [-0.05, 0) is 20.8 Å². The summed E-state index contributed by atoms with van der Waals surface area (Å²) in [6.45, 7) is 8.95. The Morgan fingerprint density at radius 2 is 2.08 bits per heavy atom. The Balaban J connectivity index is 3.38. The van der Waals surface area contributed by atoms with E-state index in [9.17, 15) is 4.79 Å². The summed E-state index contributed by atoms with van der Waals surface area (Å²) in [5, 5.41) is 0. The molecule has 0 aliphatic carbocycles. The van der Waals surface area contributed by atoms with Crippen LogP contribution in [0.3, 0.4) is 0 Å². The van der Waals surface area contributed by atoms with Gasteiger partial charge in [-0.15, -0.1) is 0 Å². The molecule has 4 heteroatoms. The Kier molecular flexibility index (Phi) is 5.12. The van der Waals surface area contributed by atoms with E-state index in [0.29, 0.717) is 0 Å². The van der Waals surface area contributed by atoms with Crippen molar-refractivity contribution in [3.63, 3.8) is 0 Å². The second kappa shape index (κ2) is 5.60. The summed E-state index contributed by atoms with van der Waals surface area (Å²) < 4.78 is 4.62. The number of hydrogen-bond donors (Lipinski definition) is 0. The Labute approximate surface area is 72.0 Å². The fourth-order valence-corrected chi connectivity index (χ4v) is 0.390. The maximum atomic E-state index is 10.6. The van der Waals surface area contributed by atoms with E-state index < -0.39 is 6.16 Å². The molecule has 0 unspecified atom stereocenters. The van der Waals surface area contributed by atoms with Crippen molar-refractivity contribution in [3.05, 3.63) is 12.2 Å². The van der Waals surface area contributed by atoms with E-state index in [4.69, 9.17) is 0 Å². The largest absolute Gasteiger partial charge is 0.540 e. The van der Waals surface area contributed by atoms with Gasteiger partial charge >= 0.3 is 6.16 Å². The summed E-state index contributed by atoms with van der Waals surface area (Å²) >= 11 is 0. The van der Waals surface area contributed by atoms with Crippen molar-refractivity contribution in [3.8, 4) is 0 Å². The second-order valence-corrected chi connectivity index (χ2v) is 2.72. The fourth-order valence-electron chi connectivity index (χ4n) is 0.390. The van der Waals surface area contributed by atoms with Crippen LogP contribution >= 0.6 is 0 Å². The molecule has 0 radical (unpaired) electrons. The van der Waals surface area contributed by atoms with Crippen molar-refractivity contribution in [2.75, 3.05) is 6.61 Å². The van der Waals surface area contributed by atoms with E-state index in [1.807, 2.05) is 0 Å². The van der Waals surface area contributed by atoms with Crippen LogP contribution in [0, 0.1) is 0 Å². The van der Waals surface area contributed by atoms with Gasteiger partial charge in [-0.2, -0.15) is 4.89 Å². The monoisotopic (exact) mass is 174 g/mol. The first kappa shape index (κ1) is 11.0. The highest BCUT2D eigenvalue weighted by Gasteiger charge is 2.06. The van der Waals surface area contributed by atoms with E-state index in [-0.39, 0.29) is 12.7 Å². The molecule has 0 N–H and O–H groups in total. The SMILES string of the molecule is C=C(C)COOC(=O)OC(C)C. The molecule has 0 spiro atoms. The minimum absolute atomic E-state index is 0.188. The van der Waals surface area contributed by atoms with Gasteiger partial charge in [0, 0.05) is 0 Å². The van der Waals surface area contributed by atoms with Crippen LogP contribution in [0.4, 0.5) is 4.79 Å². The van der Waals surface area contributed by atoms with Gasteiger partial charge in [-0.3, -0.25) is 4.89 Å². The average Bonchev–Trinajstić information content (AvgIpc) is 1.84. The zero-order valence-corrected chi connectivity index (χ0v) is 7.62. The Morgan fingerprint density at radius 3 is 2.50 bits per heavy atom. The highest BCUT2D eigenvalue weighted by molar-refractivity contribution is 5.59. The van der Waals surface area contributed by atoms with Crippen LogP contribution in [0.15, 0.2) is 12.2 Å². The van der Waals surface area contributed by atoms with E-state index in [1.54, 1.807) is 20.8 Å². The molecule has 0 aliphatic heterocycles. The molecule has 0 aliphatic rings. The third kappa shape index (κ3) is 7.08. The standard InChI is InChI=1S/C8H14O4/c1-6(2)5-10-12-8(9)11-7(3)4/h7H,1,5H2,2-4H3. The molecule has 0 aromatic carbocycles. The summed E-state index contributed by atoms with van der Waals surface area (Å²) in [5.74, 6) is 0. The highest BCUT2D eigenvalue weighted by Crippen LogP contribution is 1.95. The molecule has 4 nitrogen and oxygen atoms in total. The fraction of sp³-hybridized carbons (Fsp3) is 0.625. The number of rotatable bonds is 4. The molecule has 0 bridgehead atoms. The molecule has 0 aromatic heterocycles. The summed E-state index contributed by atoms with van der Waals surface area (Å²) in [6, 6.07) is 0. The number of ether oxygens (including phenoxy) is 1. The summed E-state index contributed by atoms with van der Waals surface area (Å²) in [6.07, 6.45) is -1.03. The lowest BCUT2D eigenvalue weighted by atomic mass is 10.4. The van der Waals surface area contributed by atoms with Gasteiger partial charge in [0.1, 0.15) is 6.61 Å². The van der Waals surface area contributed by atoms with Crippen molar-refractivity contribution >= 4 is 6.16 Å². The molecular formula is C8H14O4. The van der Waals surface area contributed by atoms with Crippen molar-refractivity contribution < 1.29 is 19.3 Å². The quantitative estimate of drug-likeness (QED) is 0.283. The highest BCUT2D eigenvalue weighted by atomic mass is 17.2. The van der Waals surface area contributed by atoms with Crippen LogP contribution in [-0.4, -0.2) is 18.9 Å². The topological polar surface area (TPSA) is 44.8 Å². The minimum Gasteiger partial charge on any atom is -0.430 e. The van der Waals surface area contributed by atoms with Gasteiger partial charge in [0.25, 0.3) is 0 Å². The first-order valence-electron chi connectivity index (χ1n) is 3.67. The zero-order chi connectivity index (χ0) is 9.56.